The predicted molar refractivity (Wildman–Crippen MR) is 117 cm³/mol. The molecule has 1 fully saturated rings. The second-order valence-corrected chi connectivity index (χ2v) is 8.72. The summed E-state index contributed by atoms with van der Waals surface area (Å²) in [6.07, 6.45) is -1.87. The molecule has 0 radical (unpaired) electrons. The second-order valence-electron chi connectivity index (χ2n) is 8.31. The molecule has 1 aliphatic rings. The summed E-state index contributed by atoms with van der Waals surface area (Å²) in [5.74, 6) is 0.617. The zero-order valence-corrected chi connectivity index (χ0v) is 19.0. The third-order valence-corrected chi connectivity index (χ3v) is 4.82. The fourth-order valence-corrected chi connectivity index (χ4v) is 3.15. The highest BCUT2D eigenvalue weighted by Gasteiger charge is 2.35. The molecule has 0 aliphatic carbocycles. The minimum absolute atomic E-state index is 0.172. The van der Waals surface area contributed by atoms with Gasteiger partial charge in [0.25, 0.3) is 5.56 Å². The number of anilines is 1. The number of halogens is 3. The van der Waals surface area contributed by atoms with E-state index in [0.717, 1.165) is 32.1 Å². The Balaban J connectivity index is 0.000000357. The van der Waals surface area contributed by atoms with Gasteiger partial charge in [-0.15, -0.1) is 0 Å². The van der Waals surface area contributed by atoms with Crippen molar-refractivity contribution >= 4 is 18.0 Å². The van der Waals surface area contributed by atoms with E-state index in [9.17, 15) is 18.0 Å². The van der Waals surface area contributed by atoms with Crippen LogP contribution in [0, 0.1) is 4.77 Å². The molecule has 1 aliphatic heterocycles. The molecule has 2 aromatic heterocycles. The summed E-state index contributed by atoms with van der Waals surface area (Å²) in [6.45, 7) is 11.7. The van der Waals surface area contributed by atoms with Crippen LogP contribution in [0.25, 0.3) is 0 Å². The number of aromatic amines is 2. The molecule has 0 atom stereocenters. The number of alkyl halides is 3. The first-order chi connectivity index (χ1) is 14.4. The zero-order chi connectivity index (χ0) is 23.2. The predicted octanol–water partition coefficient (Wildman–Crippen LogP) is 3.76. The average Bonchev–Trinajstić information content (AvgIpc) is 2.67. The number of hydrogen-bond donors (Lipinski definition) is 2. The molecule has 0 aromatic carbocycles. The fourth-order valence-electron chi connectivity index (χ4n) is 2.98. The third kappa shape index (κ3) is 7.73. The fraction of sp³-hybridized carbons (Fsp3) is 0.600. The Morgan fingerprint density at radius 3 is 2.23 bits per heavy atom. The molecule has 0 spiro atoms. The molecule has 0 saturated carbocycles. The van der Waals surface area contributed by atoms with Gasteiger partial charge in [-0.05, 0) is 25.2 Å². The van der Waals surface area contributed by atoms with Crippen LogP contribution in [0.2, 0.25) is 0 Å². The van der Waals surface area contributed by atoms with Gasteiger partial charge >= 0.3 is 6.18 Å². The summed E-state index contributed by atoms with van der Waals surface area (Å²) in [4.78, 5) is 27.8. The zero-order valence-electron chi connectivity index (χ0n) is 18.2. The molecule has 3 rings (SSSR count). The van der Waals surface area contributed by atoms with Crippen molar-refractivity contribution in [1.29, 1.82) is 0 Å². The van der Waals surface area contributed by atoms with Gasteiger partial charge in [0.15, 0.2) is 4.77 Å². The number of nitrogens with one attached hydrogen (secondary N) is 2. The Morgan fingerprint density at radius 1 is 1.13 bits per heavy atom. The highest BCUT2D eigenvalue weighted by Crippen LogP contribution is 2.32. The van der Waals surface area contributed by atoms with Gasteiger partial charge in [-0.2, -0.15) is 13.2 Å². The molecule has 0 amide bonds. The summed E-state index contributed by atoms with van der Waals surface area (Å²) in [7, 11) is 0. The lowest BCUT2D eigenvalue weighted by molar-refractivity contribution is -0.141. The maximum absolute atomic E-state index is 13.1. The van der Waals surface area contributed by atoms with Crippen molar-refractivity contribution in [3.63, 3.8) is 0 Å². The Labute approximate surface area is 184 Å². The number of aromatic nitrogens is 4. The van der Waals surface area contributed by atoms with Crippen molar-refractivity contribution in [3.8, 4) is 0 Å². The van der Waals surface area contributed by atoms with E-state index < -0.39 is 17.3 Å². The van der Waals surface area contributed by atoms with E-state index in [1.807, 2.05) is 25.7 Å². The van der Waals surface area contributed by atoms with E-state index in [4.69, 9.17) is 0 Å². The lowest BCUT2D eigenvalue weighted by Gasteiger charge is -2.35. The summed E-state index contributed by atoms with van der Waals surface area (Å²) in [5, 5.41) is 0. The molecule has 3 heterocycles. The van der Waals surface area contributed by atoms with E-state index in [1.54, 1.807) is 0 Å². The summed E-state index contributed by atoms with van der Waals surface area (Å²) in [5.41, 5.74) is -1.56. The van der Waals surface area contributed by atoms with Gasteiger partial charge in [0.1, 0.15) is 17.3 Å². The first-order valence-electron chi connectivity index (χ1n) is 10.1. The van der Waals surface area contributed by atoms with Crippen LogP contribution in [-0.2, 0) is 11.6 Å². The average molecular weight is 459 g/mol. The first kappa shape index (κ1) is 25.0. The maximum atomic E-state index is 13.1. The Morgan fingerprint density at radius 2 is 1.77 bits per heavy atom. The second kappa shape index (κ2) is 10.4. The van der Waals surface area contributed by atoms with Gasteiger partial charge in [-0.3, -0.25) is 14.7 Å². The van der Waals surface area contributed by atoms with Crippen molar-refractivity contribution in [2.75, 3.05) is 37.6 Å². The highest BCUT2D eigenvalue weighted by atomic mass is 32.1. The van der Waals surface area contributed by atoms with E-state index >= 15 is 0 Å². The quantitative estimate of drug-likeness (QED) is 0.682. The van der Waals surface area contributed by atoms with Crippen LogP contribution in [0.5, 0.6) is 0 Å². The minimum atomic E-state index is -4.46. The van der Waals surface area contributed by atoms with Gasteiger partial charge < -0.3 is 9.88 Å². The van der Waals surface area contributed by atoms with E-state index in [0.29, 0.717) is 23.7 Å². The molecule has 0 unspecified atom stereocenters. The molecule has 11 heteroatoms. The first-order valence-corrected chi connectivity index (χ1v) is 10.5. The SMILES string of the molecule is CCCN1CCN(c2cc(C(F)(F)F)nc(C(C)(C)C)n2)CC1.O=c1cc[nH]c(=S)[nH]1. The summed E-state index contributed by atoms with van der Waals surface area (Å²) >= 11 is 4.59. The number of H-pyrrole nitrogens is 2. The lowest BCUT2D eigenvalue weighted by Crippen LogP contribution is -2.47. The van der Waals surface area contributed by atoms with Crippen molar-refractivity contribution in [2.45, 2.75) is 45.7 Å². The van der Waals surface area contributed by atoms with Crippen LogP contribution < -0.4 is 10.5 Å². The normalized spacial score (nSPS) is 15.4. The van der Waals surface area contributed by atoms with Crippen LogP contribution in [0.3, 0.4) is 0 Å². The third-order valence-electron chi connectivity index (χ3n) is 4.60. The van der Waals surface area contributed by atoms with E-state index in [1.165, 1.54) is 12.3 Å². The Hall–Kier alpha value is -2.27. The van der Waals surface area contributed by atoms with Gasteiger partial charge in [-0.25, -0.2) is 9.97 Å². The van der Waals surface area contributed by atoms with E-state index in [-0.39, 0.29) is 11.4 Å². The van der Waals surface area contributed by atoms with Crippen LogP contribution in [0.4, 0.5) is 19.0 Å². The standard InChI is InChI=1S/C16H25F3N4.C4H4N2OS/c1-5-6-22-7-9-23(10-8-22)13-11-12(16(17,18)19)20-14(21-13)15(2,3)4;7-3-1-2-5-4(8)6-3/h11H,5-10H2,1-4H3;1-2H,(H2,5,6,7,8). The number of rotatable bonds is 3. The number of piperazine rings is 1. The van der Waals surface area contributed by atoms with Crippen molar-refractivity contribution in [1.82, 2.24) is 24.8 Å². The van der Waals surface area contributed by atoms with Crippen LogP contribution >= 0.6 is 12.2 Å². The van der Waals surface area contributed by atoms with Crippen LogP contribution in [0.15, 0.2) is 23.1 Å². The van der Waals surface area contributed by atoms with Gasteiger partial charge in [0, 0.05) is 49.9 Å². The molecular weight excluding hydrogens is 429 g/mol. The number of hydrogen-bond acceptors (Lipinski definition) is 6. The molecule has 7 nitrogen and oxygen atoms in total. The van der Waals surface area contributed by atoms with Crippen molar-refractivity contribution < 1.29 is 13.2 Å². The maximum Gasteiger partial charge on any atom is 0.433 e. The molecule has 0 bridgehead atoms. The van der Waals surface area contributed by atoms with Gasteiger partial charge in [-0.1, -0.05) is 27.7 Å². The van der Waals surface area contributed by atoms with Gasteiger partial charge in [0.2, 0.25) is 0 Å². The molecule has 2 N–H and O–H groups in total. The summed E-state index contributed by atoms with van der Waals surface area (Å²) in [6, 6.07) is 2.44. The molecule has 31 heavy (non-hydrogen) atoms. The molecule has 2 aromatic rings. The largest absolute Gasteiger partial charge is 0.433 e. The summed E-state index contributed by atoms with van der Waals surface area (Å²) < 4.78 is 39.8. The van der Waals surface area contributed by atoms with E-state index in [2.05, 4.69) is 44.0 Å². The van der Waals surface area contributed by atoms with Gasteiger partial charge in [0.05, 0.1) is 0 Å². The topological polar surface area (TPSA) is 80.9 Å². The van der Waals surface area contributed by atoms with Crippen LogP contribution in [0.1, 0.15) is 45.6 Å². The van der Waals surface area contributed by atoms with Crippen molar-refractivity contribution in [3.05, 3.63) is 45.0 Å². The molecular formula is C20H29F3N6OS. The Bertz CT molecular complexity index is 901. The van der Waals surface area contributed by atoms with Crippen LogP contribution in [-0.4, -0.2) is 57.6 Å². The molecule has 172 valence electrons. The van der Waals surface area contributed by atoms with Crippen molar-refractivity contribution in [2.24, 2.45) is 0 Å². The number of nitrogens with zero attached hydrogens (tertiary/aromatic N) is 4. The lowest BCUT2D eigenvalue weighted by atomic mass is 9.95. The smallest absolute Gasteiger partial charge is 0.354 e. The Kier molecular flexibility index (Phi) is 8.35. The monoisotopic (exact) mass is 458 g/mol. The highest BCUT2D eigenvalue weighted by molar-refractivity contribution is 7.71. The minimum Gasteiger partial charge on any atom is -0.354 e. The molecule has 1 saturated heterocycles.